The fraction of sp³-hybridized carbons (Fsp3) is 0.286. The maximum atomic E-state index is 12.5. The third-order valence-corrected chi connectivity index (χ3v) is 3.73. The molecule has 0 radical (unpaired) electrons. The van der Waals surface area contributed by atoms with Crippen LogP contribution in [0.25, 0.3) is 10.9 Å². The van der Waals surface area contributed by atoms with Crippen molar-refractivity contribution < 1.29 is 19.1 Å². The Morgan fingerprint density at radius 2 is 1.77 bits per heavy atom. The van der Waals surface area contributed by atoms with E-state index in [4.69, 9.17) is 9.47 Å². The molecule has 1 aromatic carbocycles. The van der Waals surface area contributed by atoms with Gasteiger partial charge in [0.1, 0.15) is 18.0 Å². The smallest absolute Gasteiger partial charge is 0.407 e. The number of benzene rings is 1. The molecule has 0 unspecified atom stereocenters. The van der Waals surface area contributed by atoms with E-state index < -0.39 is 17.6 Å². The van der Waals surface area contributed by atoms with E-state index in [2.05, 4.69) is 25.6 Å². The summed E-state index contributed by atoms with van der Waals surface area (Å²) in [6, 6.07) is 8.77. The number of aromatic nitrogens is 3. The lowest BCUT2D eigenvalue weighted by atomic mass is 10.1. The molecule has 9 heteroatoms. The highest BCUT2D eigenvalue weighted by Gasteiger charge is 2.16. The van der Waals surface area contributed by atoms with Gasteiger partial charge >= 0.3 is 6.09 Å². The predicted molar refractivity (Wildman–Crippen MR) is 111 cm³/mol. The number of carbonyl (C=O) groups is 2. The first-order valence-corrected chi connectivity index (χ1v) is 9.38. The zero-order chi connectivity index (χ0) is 21.6. The van der Waals surface area contributed by atoms with Gasteiger partial charge in [-0.1, -0.05) is 6.07 Å². The Labute approximate surface area is 173 Å². The maximum absolute atomic E-state index is 12.5. The number of hydrogen-bond donors (Lipinski definition) is 2. The van der Waals surface area contributed by atoms with E-state index in [1.165, 1.54) is 12.4 Å². The molecule has 0 spiro atoms. The van der Waals surface area contributed by atoms with Crippen LogP contribution in [0.15, 0.2) is 48.9 Å². The van der Waals surface area contributed by atoms with Gasteiger partial charge in [-0.25, -0.2) is 14.8 Å². The van der Waals surface area contributed by atoms with Crippen LogP contribution < -0.4 is 15.4 Å². The zero-order valence-corrected chi connectivity index (χ0v) is 17.0. The Morgan fingerprint density at radius 3 is 2.50 bits per heavy atom. The van der Waals surface area contributed by atoms with Gasteiger partial charge in [-0.05, 0) is 39.0 Å². The van der Waals surface area contributed by atoms with Gasteiger partial charge < -0.3 is 20.1 Å². The van der Waals surface area contributed by atoms with Crippen LogP contribution >= 0.6 is 0 Å². The molecule has 0 bridgehead atoms. The second kappa shape index (κ2) is 9.17. The van der Waals surface area contributed by atoms with Crippen molar-refractivity contribution in [1.29, 1.82) is 0 Å². The van der Waals surface area contributed by atoms with Crippen molar-refractivity contribution >= 4 is 28.6 Å². The van der Waals surface area contributed by atoms with Crippen LogP contribution in [0, 0.1) is 0 Å². The summed E-state index contributed by atoms with van der Waals surface area (Å²) in [5.41, 5.74) is 0.521. The number of alkyl carbamates (subject to hydrolysis) is 1. The molecule has 2 aromatic heterocycles. The second-order valence-electron chi connectivity index (χ2n) is 7.35. The molecule has 0 saturated carbocycles. The van der Waals surface area contributed by atoms with Gasteiger partial charge in [0.2, 0.25) is 5.82 Å². The van der Waals surface area contributed by atoms with Gasteiger partial charge in [0.25, 0.3) is 5.91 Å². The van der Waals surface area contributed by atoms with Crippen molar-refractivity contribution in [3.63, 3.8) is 0 Å². The van der Waals surface area contributed by atoms with Gasteiger partial charge in [-0.3, -0.25) is 9.78 Å². The Kier molecular flexibility index (Phi) is 6.41. The lowest BCUT2D eigenvalue weighted by Crippen LogP contribution is -2.34. The van der Waals surface area contributed by atoms with Gasteiger partial charge in [0.05, 0.1) is 17.7 Å². The summed E-state index contributed by atoms with van der Waals surface area (Å²) in [5, 5.41) is 6.20. The molecule has 0 fully saturated rings. The maximum Gasteiger partial charge on any atom is 0.407 e. The molecule has 2 N–H and O–H groups in total. The Morgan fingerprint density at radius 1 is 1.03 bits per heavy atom. The number of amides is 2. The molecule has 9 nitrogen and oxygen atoms in total. The molecule has 2 amide bonds. The van der Waals surface area contributed by atoms with Crippen LogP contribution in [0.3, 0.4) is 0 Å². The van der Waals surface area contributed by atoms with Gasteiger partial charge in [0, 0.05) is 30.0 Å². The molecule has 0 aliphatic carbocycles. The first-order chi connectivity index (χ1) is 14.3. The number of fused-ring (bicyclic) bond motifs is 1. The summed E-state index contributed by atoms with van der Waals surface area (Å²) < 4.78 is 10.9. The highest BCUT2D eigenvalue weighted by molar-refractivity contribution is 6.06. The zero-order valence-electron chi connectivity index (χ0n) is 17.0. The number of carbonyl (C=O) groups excluding carboxylic acids is 2. The lowest BCUT2D eigenvalue weighted by Gasteiger charge is -2.19. The number of ether oxygens (including phenoxy) is 2. The van der Waals surface area contributed by atoms with Crippen LogP contribution in [0.4, 0.5) is 10.5 Å². The quantitative estimate of drug-likeness (QED) is 0.601. The average Bonchev–Trinajstić information content (AvgIpc) is 2.70. The molecule has 3 aromatic rings. The van der Waals surface area contributed by atoms with Crippen molar-refractivity contribution in [3.05, 3.63) is 54.7 Å². The van der Waals surface area contributed by atoms with Crippen molar-refractivity contribution in [2.75, 3.05) is 18.5 Å². The minimum atomic E-state index is -0.564. The topological polar surface area (TPSA) is 115 Å². The number of anilines is 1. The molecule has 30 heavy (non-hydrogen) atoms. The SMILES string of the molecule is CC(C)(C)OC(=O)NCCOc1cc(NC(=O)c2ncccn2)c2ncccc2c1. The Hall–Kier alpha value is -3.75. The molecular formula is C21H23N5O4. The molecule has 3 rings (SSSR count). The highest BCUT2D eigenvalue weighted by atomic mass is 16.6. The summed E-state index contributed by atoms with van der Waals surface area (Å²) in [5.74, 6) is 0.117. The molecule has 0 atom stereocenters. The number of rotatable bonds is 6. The van der Waals surface area contributed by atoms with E-state index in [1.807, 2.05) is 12.1 Å². The molecule has 156 valence electrons. The summed E-state index contributed by atoms with van der Waals surface area (Å²) in [6.07, 6.45) is 4.12. The molecule has 0 aliphatic heterocycles. The molecule has 0 aliphatic rings. The van der Waals surface area contributed by atoms with Crippen LogP contribution in [-0.4, -0.2) is 45.7 Å². The first kappa shape index (κ1) is 21.0. The monoisotopic (exact) mass is 409 g/mol. The number of nitrogens with one attached hydrogen (secondary N) is 2. The second-order valence-corrected chi connectivity index (χ2v) is 7.35. The van der Waals surface area contributed by atoms with Gasteiger partial charge in [-0.15, -0.1) is 0 Å². The molecule has 2 heterocycles. The summed E-state index contributed by atoms with van der Waals surface area (Å²) in [4.78, 5) is 36.4. The average molecular weight is 409 g/mol. The minimum Gasteiger partial charge on any atom is -0.492 e. The standard InChI is InChI=1S/C21H23N5O4/c1-21(2,3)30-20(28)25-10-11-29-15-12-14-6-4-7-22-17(14)16(13-15)26-19(27)18-23-8-5-9-24-18/h4-9,12-13H,10-11H2,1-3H3,(H,25,28)(H,26,27). The number of pyridine rings is 1. The predicted octanol–water partition coefficient (Wildman–Crippen LogP) is 3.18. The third kappa shape index (κ3) is 5.87. The van der Waals surface area contributed by atoms with E-state index in [-0.39, 0.29) is 19.0 Å². The largest absolute Gasteiger partial charge is 0.492 e. The fourth-order valence-electron chi connectivity index (χ4n) is 2.57. The first-order valence-electron chi connectivity index (χ1n) is 9.38. The van der Waals surface area contributed by atoms with E-state index in [0.717, 1.165) is 5.39 Å². The van der Waals surface area contributed by atoms with Gasteiger partial charge in [-0.2, -0.15) is 0 Å². The lowest BCUT2D eigenvalue weighted by molar-refractivity contribution is 0.0520. The fourth-order valence-corrected chi connectivity index (χ4v) is 2.57. The van der Waals surface area contributed by atoms with E-state index in [0.29, 0.717) is 17.0 Å². The Bertz CT molecular complexity index is 1030. The van der Waals surface area contributed by atoms with Crippen molar-refractivity contribution in [2.24, 2.45) is 0 Å². The normalized spacial score (nSPS) is 11.0. The Balaban J connectivity index is 1.69. The van der Waals surface area contributed by atoms with Crippen LogP contribution in [-0.2, 0) is 4.74 Å². The highest BCUT2D eigenvalue weighted by Crippen LogP contribution is 2.28. The van der Waals surface area contributed by atoms with E-state index >= 15 is 0 Å². The van der Waals surface area contributed by atoms with Crippen molar-refractivity contribution in [3.8, 4) is 5.75 Å². The minimum absolute atomic E-state index is 0.0504. The number of nitrogens with zero attached hydrogens (tertiary/aromatic N) is 3. The summed E-state index contributed by atoms with van der Waals surface area (Å²) >= 11 is 0. The molecular weight excluding hydrogens is 386 g/mol. The third-order valence-electron chi connectivity index (χ3n) is 3.73. The summed E-state index contributed by atoms with van der Waals surface area (Å²) in [7, 11) is 0. The van der Waals surface area contributed by atoms with Crippen molar-refractivity contribution in [2.45, 2.75) is 26.4 Å². The molecule has 0 saturated heterocycles. The van der Waals surface area contributed by atoms with E-state index in [1.54, 1.807) is 45.2 Å². The van der Waals surface area contributed by atoms with Crippen LogP contribution in [0.1, 0.15) is 31.4 Å². The van der Waals surface area contributed by atoms with Crippen molar-refractivity contribution in [1.82, 2.24) is 20.3 Å². The number of hydrogen-bond acceptors (Lipinski definition) is 7. The van der Waals surface area contributed by atoms with Crippen LogP contribution in [0.2, 0.25) is 0 Å². The van der Waals surface area contributed by atoms with Gasteiger partial charge in [0.15, 0.2) is 0 Å². The van der Waals surface area contributed by atoms with E-state index in [9.17, 15) is 9.59 Å². The summed E-state index contributed by atoms with van der Waals surface area (Å²) in [6.45, 7) is 5.87. The van der Waals surface area contributed by atoms with Crippen LogP contribution in [0.5, 0.6) is 5.75 Å².